The number of nitrogens with zero attached hydrogens (tertiary/aromatic N) is 2. The molecule has 74 valence electrons. The molecule has 0 aliphatic rings. The molecule has 0 fully saturated rings. The molecule has 2 aromatic rings. The third kappa shape index (κ3) is 1.34. The van der Waals surface area contributed by atoms with Crippen LogP contribution in [0.3, 0.4) is 0 Å². The Labute approximate surface area is 87.5 Å². The number of rotatable bonds is 1. The van der Waals surface area contributed by atoms with E-state index in [1.807, 2.05) is 22.7 Å². The van der Waals surface area contributed by atoms with E-state index < -0.39 is 0 Å². The fourth-order valence-corrected chi connectivity index (χ4v) is 1.73. The molecule has 0 saturated carbocycles. The van der Waals surface area contributed by atoms with Crippen LogP contribution in [-0.2, 0) is 0 Å². The fourth-order valence-electron chi connectivity index (χ4n) is 1.49. The molecule has 0 atom stereocenters. The first-order chi connectivity index (χ1) is 6.59. The van der Waals surface area contributed by atoms with Gasteiger partial charge in [0.2, 0.25) is 0 Å². The predicted molar refractivity (Wildman–Crippen MR) is 58.7 cm³/mol. The molecule has 2 heterocycles. The number of nitrogen functional groups attached to an aromatic ring is 1. The molecule has 0 aromatic carbocycles. The Morgan fingerprint density at radius 3 is 2.86 bits per heavy atom. The van der Waals surface area contributed by atoms with Crippen LogP contribution >= 0.6 is 11.6 Å². The smallest absolute Gasteiger partial charge is 0.155 e. The summed E-state index contributed by atoms with van der Waals surface area (Å²) in [4.78, 5) is 4.30. The maximum atomic E-state index is 6.01. The van der Waals surface area contributed by atoms with Crippen molar-refractivity contribution in [1.82, 2.24) is 9.38 Å². The number of halogens is 1. The lowest BCUT2D eigenvalue weighted by Gasteiger charge is -2.03. The molecule has 14 heavy (non-hydrogen) atoms. The average molecular weight is 210 g/mol. The lowest BCUT2D eigenvalue weighted by Crippen LogP contribution is -1.97. The first-order valence-corrected chi connectivity index (χ1v) is 4.90. The zero-order chi connectivity index (χ0) is 10.3. The summed E-state index contributed by atoms with van der Waals surface area (Å²) in [5, 5.41) is 0.515. The highest BCUT2D eigenvalue weighted by atomic mass is 35.5. The van der Waals surface area contributed by atoms with Gasteiger partial charge in [-0.2, -0.15) is 0 Å². The second-order valence-corrected chi connectivity index (χ2v) is 3.99. The molecule has 0 saturated heterocycles. The Bertz CT molecular complexity index is 473. The van der Waals surface area contributed by atoms with Crippen LogP contribution in [0, 0.1) is 0 Å². The molecule has 0 unspecified atom stereocenters. The molecular weight excluding hydrogens is 198 g/mol. The van der Waals surface area contributed by atoms with Crippen molar-refractivity contribution in [3.05, 3.63) is 29.3 Å². The summed E-state index contributed by atoms with van der Waals surface area (Å²) in [5.74, 6) is 1.31. The molecule has 4 heteroatoms. The molecule has 3 nitrogen and oxygen atoms in total. The number of imidazole rings is 1. The van der Waals surface area contributed by atoms with E-state index >= 15 is 0 Å². The standard InChI is InChI=1S/C10H12ClN3/c1-6(2)10-13-9(11)8-5-7(12)3-4-14(8)10/h3-6H,12H2,1-2H3. The topological polar surface area (TPSA) is 43.3 Å². The molecule has 2 aromatic heterocycles. The Kier molecular flexibility index (Phi) is 2.11. The van der Waals surface area contributed by atoms with Gasteiger partial charge in [-0.25, -0.2) is 4.98 Å². The van der Waals surface area contributed by atoms with Gasteiger partial charge in [-0.05, 0) is 12.1 Å². The molecule has 0 aliphatic heterocycles. The molecule has 0 aliphatic carbocycles. The number of fused-ring (bicyclic) bond motifs is 1. The number of nitrogens with two attached hydrogens (primary N) is 1. The van der Waals surface area contributed by atoms with Crippen molar-refractivity contribution >= 4 is 22.8 Å². The second kappa shape index (κ2) is 3.17. The summed E-state index contributed by atoms with van der Waals surface area (Å²) in [5.41, 5.74) is 7.25. The molecule has 2 N–H and O–H groups in total. The van der Waals surface area contributed by atoms with Crippen molar-refractivity contribution in [1.29, 1.82) is 0 Å². The summed E-state index contributed by atoms with van der Waals surface area (Å²) in [6.07, 6.45) is 1.90. The van der Waals surface area contributed by atoms with Crippen molar-refractivity contribution in [3.8, 4) is 0 Å². The van der Waals surface area contributed by atoms with Crippen LogP contribution in [-0.4, -0.2) is 9.38 Å². The minimum atomic E-state index is 0.346. The zero-order valence-corrected chi connectivity index (χ0v) is 8.92. The van der Waals surface area contributed by atoms with Crippen molar-refractivity contribution in [2.24, 2.45) is 0 Å². The van der Waals surface area contributed by atoms with Crippen LogP contribution in [0.15, 0.2) is 18.3 Å². The van der Waals surface area contributed by atoms with E-state index in [0.29, 0.717) is 16.8 Å². The SMILES string of the molecule is CC(C)c1nc(Cl)c2cc(N)ccn12. The van der Waals surface area contributed by atoms with E-state index in [1.54, 1.807) is 0 Å². The van der Waals surface area contributed by atoms with Crippen LogP contribution in [0.4, 0.5) is 5.69 Å². The quantitative estimate of drug-likeness (QED) is 0.785. The van der Waals surface area contributed by atoms with E-state index in [-0.39, 0.29) is 0 Å². The summed E-state index contributed by atoms with van der Waals surface area (Å²) in [6, 6.07) is 3.68. The fraction of sp³-hybridized carbons (Fsp3) is 0.300. The van der Waals surface area contributed by atoms with Crippen LogP contribution in [0.1, 0.15) is 25.6 Å². The summed E-state index contributed by atoms with van der Waals surface area (Å²) >= 11 is 6.01. The second-order valence-electron chi connectivity index (χ2n) is 3.63. The highest BCUT2D eigenvalue weighted by Crippen LogP contribution is 2.24. The summed E-state index contributed by atoms with van der Waals surface area (Å²) in [7, 11) is 0. The van der Waals surface area contributed by atoms with Crippen LogP contribution < -0.4 is 5.73 Å². The van der Waals surface area contributed by atoms with Crippen LogP contribution in [0.2, 0.25) is 5.15 Å². The van der Waals surface area contributed by atoms with Gasteiger partial charge < -0.3 is 10.1 Å². The number of hydrogen-bond acceptors (Lipinski definition) is 2. The average Bonchev–Trinajstić information content (AvgIpc) is 2.44. The predicted octanol–water partition coefficient (Wildman–Crippen LogP) is 2.69. The molecule has 0 radical (unpaired) electrons. The van der Waals surface area contributed by atoms with Crippen molar-refractivity contribution in [2.75, 3.05) is 5.73 Å². The molecule has 0 bridgehead atoms. The van der Waals surface area contributed by atoms with Gasteiger partial charge in [-0.15, -0.1) is 0 Å². The first kappa shape index (κ1) is 9.34. The Morgan fingerprint density at radius 1 is 1.50 bits per heavy atom. The van der Waals surface area contributed by atoms with E-state index in [0.717, 1.165) is 11.3 Å². The number of anilines is 1. The first-order valence-electron chi connectivity index (χ1n) is 4.52. The van der Waals surface area contributed by atoms with E-state index in [1.165, 1.54) is 0 Å². The van der Waals surface area contributed by atoms with Gasteiger partial charge in [0.25, 0.3) is 0 Å². The van der Waals surface area contributed by atoms with Gasteiger partial charge in [-0.3, -0.25) is 0 Å². The zero-order valence-electron chi connectivity index (χ0n) is 8.16. The minimum Gasteiger partial charge on any atom is -0.399 e. The largest absolute Gasteiger partial charge is 0.399 e. The van der Waals surface area contributed by atoms with Crippen LogP contribution in [0.5, 0.6) is 0 Å². The normalized spacial score (nSPS) is 11.4. The number of aromatic nitrogens is 2. The molecule has 0 amide bonds. The van der Waals surface area contributed by atoms with Crippen molar-refractivity contribution < 1.29 is 0 Å². The van der Waals surface area contributed by atoms with Crippen molar-refractivity contribution in [2.45, 2.75) is 19.8 Å². The van der Waals surface area contributed by atoms with Crippen LogP contribution in [0.25, 0.3) is 5.52 Å². The maximum absolute atomic E-state index is 6.01. The van der Waals surface area contributed by atoms with E-state index in [4.69, 9.17) is 17.3 Å². The number of pyridine rings is 1. The summed E-state index contributed by atoms with van der Waals surface area (Å²) < 4.78 is 1.98. The Balaban J connectivity index is 2.77. The Hall–Kier alpha value is -1.22. The minimum absolute atomic E-state index is 0.346. The van der Waals surface area contributed by atoms with E-state index in [2.05, 4.69) is 18.8 Å². The maximum Gasteiger partial charge on any atom is 0.155 e. The van der Waals surface area contributed by atoms with Gasteiger partial charge in [0.1, 0.15) is 5.82 Å². The van der Waals surface area contributed by atoms with Gasteiger partial charge in [0.05, 0.1) is 5.52 Å². The summed E-state index contributed by atoms with van der Waals surface area (Å²) in [6.45, 7) is 4.17. The number of hydrogen-bond donors (Lipinski definition) is 1. The third-order valence-corrected chi connectivity index (χ3v) is 2.44. The lowest BCUT2D eigenvalue weighted by molar-refractivity contribution is 0.770. The highest BCUT2D eigenvalue weighted by molar-refractivity contribution is 6.32. The molecular formula is C10H12ClN3. The molecule has 0 spiro atoms. The molecule has 2 rings (SSSR count). The van der Waals surface area contributed by atoms with Gasteiger partial charge in [0, 0.05) is 17.8 Å². The van der Waals surface area contributed by atoms with Gasteiger partial charge >= 0.3 is 0 Å². The third-order valence-electron chi connectivity index (χ3n) is 2.17. The lowest BCUT2D eigenvalue weighted by atomic mass is 10.2. The monoisotopic (exact) mass is 209 g/mol. The Morgan fingerprint density at radius 2 is 2.21 bits per heavy atom. The van der Waals surface area contributed by atoms with Gasteiger partial charge in [0.15, 0.2) is 5.15 Å². The van der Waals surface area contributed by atoms with Crippen molar-refractivity contribution in [3.63, 3.8) is 0 Å². The van der Waals surface area contributed by atoms with E-state index in [9.17, 15) is 0 Å². The van der Waals surface area contributed by atoms with Gasteiger partial charge in [-0.1, -0.05) is 25.4 Å². The highest BCUT2D eigenvalue weighted by Gasteiger charge is 2.11.